The Bertz CT molecular complexity index is 581. The molecule has 1 aromatic carbocycles. The van der Waals surface area contributed by atoms with Gasteiger partial charge in [0.2, 0.25) is 0 Å². The molecule has 0 spiro atoms. The summed E-state index contributed by atoms with van der Waals surface area (Å²) in [6.45, 7) is 6.77. The lowest BCUT2D eigenvalue weighted by molar-refractivity contribution is 0.301. The zero-order valence-corrected chi connectivity index (χ0v) is 13.1. The molecule has 0 bridgehead atoms. The van der Waals surface area contributed by atoms with Crippen LogP contribution in [0.25, 0.3) is 0 Å². The average molecular weight is 320 g/mol. The Hall–Kier alpha value is -1.35. The summed E-state index contributed by atoms with van der Waals surface area (Å²) in [4.78, 5) is 4.47. The number of pyridine rings is 1. The highest BCUT2D eigenvalue weighted by atomic mass is 79.9. The summed E-state index contributed by atoms with van der Waals surface area (Å²) >= 11 is 3.45. The van der Waals surface area contributed by atoms with Crippen molar-refractivity contribution in [2.75, 3.05) is 0 Å². The quantitative estimate of drug-likeness (QED) is 0.775. The van der Waals surface area contributed by atoms with E-state index in [-0.39, 0.29) is 0 Å². The minimum atomic E-state index is 0.582. The molecule has 0 atom stereocenters. The van der Waals surface area contributed by atoms with Gasteiger partial charge in [0.1, 0.15) is 12.4 Å². The van der Waals surface area contributed by atoms with Crippen LogP contribution >= 0.6 is 15.9 Å². The predicted octanol–water partition coefficient (Wildman–Crippen LogP) is 4.48. The lowest BCUT2D eigenvalue weighted by atomic mass is 10.1. The van der Waals surface area contributed by atoms with Crippen molar-refractivity contribution in [3.63, 3.8) is 0 Å². The molecule has 19 heavy (non-hydrogen) atoms. The summed E-state index contributed by atoms with van der Waals surface area (Å²) in [6.07, 6.45) is 0. The van der Waals surface area contributed by atoms with Gasteiger partial charge in [-0.3, -0.25) is 4.98 Å². The number of halogens is 1. The number of hydrogen-bond acceptors (Lipinski definition) is 2. The predicted molar refractivity (Wildman–Crippen MR) is 81.9 cm³/mol. The monoisotopic (exact) mass is 319 g/mol. The Morgan fingerprint density at radius 1 is 1.11 bits per heavy atom. The molecule has 2 rings (SSSR count). The third-order valence-corrected chi connectivity index (χ3v) is 3.62. The molecule has 0 aliphatic heterocycles. The van der Waals surface area contributed by atoms with Crippen molar-refractivity contribution < 1.29 is 4.74 Å². The van der Waals surface area contributed by atoms with Crippen molar-refractivity contribution in [2.45, 2.75) is 32.7 Å². The summed E-state index contributed by atoms with van der Waals surface area (Å²) in [6, 6.07) is 10.4. The summed E-state index contributed by atoms with van der Waals surface area (Å²) in [5, 5.41) is 0.705. The molecular formula is C16H18BrNO. The molecule has 0 N–H and O–H groups in total. The second-order valence-electron chi connectivity index (χ2n) is 4.75. The SMILES string of the molecule is Cc1ccc(C)c(COc2ccc(C)nc2CBr)c1. The van der Waals surface area contributed by atoms with E-state index in [2.05, 4.69) is 53.0 Å². The van der Waals surface area contributed by atoms with Crippen molar-refractivity contribution in [1.82, 2.24) is 4.98 Å². The minimum absolute atomic E-state index is 0.582. The van der Waals surface area contributed by atoms with Crippen LogP contribution in [0.2, 0.25) is 0 Å². The van der Waals surface area contributed by atoms with Gasteiger partial charge >= 0.3 is 0 Å². The van der Waals surface area contributed by atoms with E-state index in [4.69, 9.17) is 4.74 Å². The molecule has 0 amide bonds. The molecule has 0 saturated heterocycles. The van der Waals surface area contributed by atoms with E-state index in [0.717, 1.165) is 17.1 Å². The Morgan fingerprint density at radius 3 is 2.63 bits per heavy atom. The first-order valence-electron chi connectivity index (χ1n) is 6.31. The van der Waals surface area contributed by atoms with Gasteiger partial charge in [-0.1, -0.05) is 39.7 Å². The zero-order chi connectivity index (χ0) is 13.8. The maximum absolute atomic E-state index is 5.91. The summed E-state index contributed by atoms with van der Waals surface area (Å²) in [5.74, 6) is 0.850. The van der Waals surface area contributed by atoms with Crippen LogP contribution < -0.4 is 4.74 Å². The van der Waals surface area contributed by atoms with E-state index in [0.29, 0.717) is 11.9 Å². The van der Waals surface area contributed by atoms with Gasteiger partial charge in [-0.15, -0.1) is 0 Å². The molecular weight excluding hydrogens is 302 g/mol. The number of nitrogens with zero attached hydrogens (tertiary/aromatic N) is 1. The van der Waals surface area contributed by atoms with Crippen molar-refractivity contribution in [3.05, 3.63) is 58.4 Å². The Kier molecular flexibility index (Phi) is 4.59. The molecule has 0 aliphatic rings. The smallest absolute Gasteiger partial charge is 0.142 e. The van der Waals surface area contributed by atoms with Crippen LogP contribution in [0.5, 0.6) is 5.75 Å². The van der Waals surface area contributed by atoms with Crippen LogP contribution in [-0.4, -0.2) is 4.98 Å². The standard InChI is InChI=1S/C16H18BrNO/c1-11-4-5-12(2)14(8-11)10-19-16-7-6-13(3)18-15(16)9-17/h4-8H,9-10H2,1-3H3. The van der Waals surface area contributed by atoms with E-state index < -0.39 is 0 Å². The third kappa shape index (κ3) is 3.57. The molecule has 1 aromatic heterocycles. The Labute approximate surface area is 123 Å². The molecule has 2 nitrogen and oxygen atoms in total. The van der Waals surface area contributed by atoms with Crippen LogP contribution in [0.4, 0.5) is 0 Å². The third-order valence-electron chi connectivity index (χ3n) is 3.09. The Balaban J connectivity index is 2.16. The van der Waals surface area contributed by atoms with Gasteiger partial charge < -0.3 is 4.74 Å². The number of aromatic nitrogens is 1. The van der Waals surface area contributed by atoms with Gasteiger partial charge in [0, 0.05) is 11.0 Å². The topological polar surface area (TPSA) is 22.1 Å². The van der Waals surface area contributed by atoms with E-state index in [1.165, 1.54) is 16.7 Å². The Morgan fingerprint density at radius 2 is 1.89 bits per heavy atom. The van der Waals surface area contributed by atoms with Gasteiger partial charge in [-0.2, -0.15) is 0 Å². The fourth-order valence-electron chi connectivity index (χ4n) is 1.94. The van der Waals surface area contributed by atoms with Crippen molar-refractivity contribution in [2.24, 2.45) is 0 Å². The number of benzene rings is 1. The molecule has 2 aromatic rings. The first-order chi connectivity index (χ1) is 9.10. The van der Waals surface area contributed by atoms with Gasteiger partial charge in [0.15, 0.2) is 0 Å². The van der Waals surface area contributed by atoms with E-state index in [1.54, 1.807) is 0 Å². The van der Waals surface area contributed by atoms with E-state index in [1.807, 2.05) is 19.1 Å². The molecule has 0 aliphatic carbocycles. The highest BCUT2D eigenvalue weighted by Crippen LogP contribution is 2.21. The lowest BCUT2D eigenvalue weighted by Crippen LogP contribution is -2.02. The van der Waals surface area contributed by atoms with Crippen LogP contribution in [0.1, 0.15) is 28.1 Å². The fourth-order valence-corrected chi connectivity index (χ4v) is 2.34. The van der Waals surface area contributed by atoms with E-state index >= 15 is 0 Å². The van der Waals surface area contributed by atoms with Gasteiger partial charge in [-0.25, -0.2) is 0 Å². The molecule has 0 fully saturated rings. The van der Waals surface area contributed by atoms with E-state index in [9.17, 15) is 0 Å². The summed E-state index contributed by atoms with van der Waals surface area (Å²) in [7, 11) is 0. The van der Waals surface area contributed by atoms with Gasteiger partial charge in [0.05, 0.1) is 5.69 Å². The van der Waals surface area contributed by atoms with Crippen molar-refractivity contribution >= 4 is 15.9 Å². The van der Waals surface area contributed by atoms with Crippen molar-refractivity contribution in [1.29, 1.82) is 0 Å². The minimum Gasteiger partial charge on any atom is -0.487 e. The molecule has 100 valence electrons. The fraction of sp³-hybridized carbons (Fsp3) is 0.312. The highest BCUT2D eigenvalue weighted by Gasteiger charge is 2.06. The zero-order valence-electron chi connectivity index (χ0n) is 11.5. The molecule has 0 saturated carbocycles. The summed E-state index contributed by atoms with van der Waals surface area (Å²) < 4.78 is 5.91. The van der Waals surface area contributed by atoms with Crippen LogP contribution in [0.15, 0.2) is 30.3 Å². The second kappa shape index (κ2) is 6.20. The normalized spacial score (nSPS) is 10.5. The first kappa shape index (κ1) is 14.1. The number of hydrogen-bond donors (Lipinski definition) is 0. The number of ether oxygens (including phenoxy) is 1. The summed E-state index contributed by atoms with van der Waals surface area (Å²) in [5.41, 5.74) is 5.69. The van der Waals surface area contributed by atoms with Crippen molar-refractivity contribution in [3.8, 4) is 5.75 Å². The first-order valence-corrected chi connectivity index (χ1v) is 7.43. The number of rotatable bonds is 4. The average Bonchev–Trinajstić information content (AvgIpc) is 2.40. The second-order valence-corrected chi connectivity index (χ2v) is 5.31. The molecule has 3 heteroatoms. The molecule has 0 unspecified atom stereocenters. The van der Waals surface area contributed by atoms with Crippen LogP contribution in [-0.2, 0) is 11.9 Å². The largest absolute Gasteiger partial charge is 0.487 e. The number of aryl methyl sites for hydroxylation is 3. The van der Waals surface area contributed by atoms with Crippen LogP contribution in [0.3, 0.4) is 0 Å². The number of alkyl halides is 1. The van der Waals surface area contributed by atoms with Gasteiger partial charge in [-0.05, 0) is 44.0 Å². The maximum Gasteiger partial charge on any atom is 0.142 e. The maximum atomic E-state index is 5.91. The van der Waals surface area contributed by atoms with Crippen LogP contribution in [0, 0.1) is 20.8 Å². The molecule has 1 heterocycles. The lowest BCUT2D eigenvalue weighted by Gasteiger charge is -2.12. The highest BCUT2D eigenvalue weighted by molar-refractivity contribution is 9.08. The molecule has 0 radical (unpaired) electrons. The van der Waals surface area contributed by atoms with Gasteiger partial charge in [0.25, 0.3) is 0 Å².